The number of rotatable bonds is 3. The minimum Gasteiger partial charge on any atom is -0.354 e. The van der Waals surface area contributed by atoms with Crippen LogP contribution in [0.1, 0.15) is 20.7 Å². The molecule has 2 amide bonds. The van der Waals surface area contributed by atoms with Gasteiger partial charge in [-0.3, -0.25) is 19.4 Å². The number of imide groups is 1. The van der Waals surface area contributed by atoms with E-state index >= 15 is 0 Å². The van der Waals surface area contributed by atoms with Crippen molar-refractivity contribution in [3.63, 3.8) is 0 Å². The largest absolute Gasteiger partial charge is 0.354 e. The predicted molar refractivity (Wildman–Crippen MR) is 135 cm³/mol. The Hall–Kier alpha value is -3.74. The van der Waals surface area contributed by atoms with E-state index in [1.165, 1.54) is 4.90 Å². The van der Waals surface area contributed by atoms with Gasteiger partial charge >= 0.3 is 0 Å². The van der Waals surface area contributed by atoms with E-state index in [-0.39, 0.29) is 11.8 Å². The summed E-state index contributed by atoms with van der Waals surface area (Å²) in [6.45, 7) is 4.85. The minimum absolute atomic E-state index is 0.177. The van der Waals surface area contributed by atoms with E-state index in [4.69, 9.17) is 0 Å². The molecule has 2 aliphatic heterocycles. The predicted octanol–water partition coefficient (Wildman–Crippen LogP) is 4.13. The first-order valence-corrected chi connectivity index (χ1v) is 11.9. The van der Waals surface area contributed by atoms with Gasteiger partial charge in [-0.1, -0.05) is 54.6 Å². The van der Waals surface area contributed by atoms with Crippen molar-refractivity contribution in [2.75, 3.05) is 39.3 Å². The van der Waals surface area contributed by atoms with Crippen LogP contribution in [-0.2, 0) is 0 Å². The summed E-state index contributed by atoms with van der Waals surface area (Å²) in [4.78, 5) is 35.1. The maximum atomic E-state index is 13.9. The number of aromatic nitrogens is 1. The third-order valence-electron chi connectivity index (χ3n) is 7.42. The van der Waals surface area contributed by atoms with Crippen molar-refractivity contribution in [3.05, 3.63) is 71.8 Å². The summed E-state index contributed by atoms with van der Waals surface area (Å²) in [5.74, 6) is -0.358. The molecule has 5 aromatic rings. The highest BCUT2D eigenvalue weighted by Crippen LogP contribution is 2.43. The molecule has 34 heavy (non-hydrogen) atoms. The van der Waals surface area contributed by atoms with Crippen LogP contribution in [0.25, 0.3) is 43.4 Å². The number of H-pyrrole nitrogens is 1. The second-order valence-corrected chi connectivity index (χ2v) is 9.23. The summed E-state index contributed by atoms with van der Waals surface area (Å²) in [5, 5.41) is 9.11. The Labute approximate surface area is 196 Å². The lowest BCUT2D eigenvalue weighted by Gasteiger charge is -2.28. The minimum atomic E-state index is -0.181. The zero-order chi connectivity index (χ0) is 22.8. The van der Waals surface area contributed by atoms with E-state index in [0.717, 1.165) is 69.5 Å². The van der Waals surface area contributed by atoms with Crippen molar-refractivity contribution in [2.24, 2.45) is 0 Å². The summed E-state index contributed by atoms with van der Waals surface area (Å²) in [6.07, 6.45) is 0. The monoisotopic (exact) mass is 448 g/mol. The smallest absolute Gasteiger partial charge is 0.262 e. The number of aromatic amines is 1. The zero-order valence-corrected chi connectivity index (χ0v) is 18.7. The SMILES string of the molecule is O=C1c2c(c3c4ccccc4[nH]c3c3ccc4ccccc4c23)C(=O)N1CCN1CCNCC1. The van der Waals surface area contributed by atoms with Crippen molar-refractivity contribution in [1.82, 2.24) is 20.1 Å². The molecule has 168 valence electrons. The summed E-state index contributed by atoms with van der Waals surface area (Å²) in [5.41, 5.74) is 2.99. The van der Waals surface area contributed by atoms with Gasteiger partial charge in [-0.2, -0.15) is 0 Å². The molecule has 0 radical (unpaired) electrons. The van der Waals surface area contributed by atoms with E-state index < -0.39 is 0 Å². The lowest BCUT2D eigenvalue weighted by Crippen LogP contribution is -2.47. The molecule has 6 heteroatoms. The van der Waals surface area contributed by atoms with E-state index in [0.29, 0.717) is 24.2 Å². The Bertz CT molecular complexity index is 1650. The quantitative estimate of drug-likeness (QED) is 0.322. The van der Waals surface area contributed by atoms with Crippen LogP contribution in [0.4, 0.5) is 0 Å². The second kappa shape index (κ2) is 7.38. The van der Waals surface area contributed by atoms with Crippen molar-refractivity contribution >= 4 is 55.2 Å². The average Bonchev–Trinajstić information content (AvgIpc) is 3.38. The maximum Gasteiger partial charge on any atom is 0.262 e. The van der Waals surface area contributed by atoms with E-state index in [1.807, 2.05) is 42.5 Å². The summed E-state index contributed by atoms with van der Waals surface area (Å²) in [6, 6.07) is 20.3. The molecule has 3 heterocycles. The van der Waals surface area contributed by atoms with Crippen molar-refractivity contribution in [1.29, 1.82) is 0 Å². The number of para-hydroxylation sites is 1. The van der Waals surface area contributed by atoms with E-state index in [1.54, 1.807) is 0 Å². The van der Waals surface area contributed by atoms with Crippen LogP contribution in [0.2, 0.25) is 0 Å². The molecule has 4 aromatic carbocycles. The molecule has 0 aliphatic carbocycles. The first-order chi connectivity index (χ1) is 16.7. The van der Waals surface area contributed by atoms with Gasteiger partial charge in [-0.05, 0) is 16.8 Å². The lowest BCUT2D eigenvalue weighted by molar-refractivity contribution is 0.0635. The second-order valence-electron chi connectivity index (χ2n) is 9.23. The molecule has 0 bridgehead atoms. The topological polar surface area (TPSA) is 68.4 Å². The van der Waals surface area contributed by atoms with Gasteiger partial charge in [0.1, 0.15) is 0 Å². The Morgan fingerprint density at radius 3 is 2.24 bits per heavy atom. The number of benzene rings is 4. The van der Waals surface area contributed by atoms with Gasteiger partial charge in [-0.15, -0.1) is 0 Å². The fourth-order valence-corrected chi connectivity index (χ4v) is 5.77. The highest BCUT2D eigenvalue weighted by atomic mass is 16.2. The lowest BCUT2D eigenvalue weighted by atomic mass is 9.91. The number of hydrogen-bond donors (Lipinski definition) is 2. The molecule has 0 unspecified atom stereocenters. The molecule has 1 saturated heterocycles. The van der Waals surface area contributed by atoms with Gasteiger partial charge in [0.05, 0.1) is 16.6 Å². The Morgan fingerprint density at radius 2 is 1.41 bits per heavy atom. The van der Waals surface area contributed by atoms with Crippen LogP contribution in [-0.4, -0.2) is 65.9 Å². The molecular weight excluding hydrogens is 424 g/mol. The number of nitrogens with zero attached hydrogens (tertiary/aromatic N) is 2. The third-order valence-corrected chi connectivity index (χ3v) is 7.42. The molecule has 1 aromatic heterocycles. The number of nitrogens with one attached hydrogen (secondary N) is 2. The number of carbonyl (C=O) groups excluding carboxylic acids is 2. The van der Waals surface area contributed by atoms with Crippen LogP contribution in [0.5, 0.6) is 0 Å². The molecule has 6 nitrogen and oxygen atoms in total. The Kier molecular flexibility index (Phi) is 4.28. The van der Waals surface area contributed by atoms with Crippen LogP contribution in [0.15, 0.2) is 60.7 Å². The Balaban J connectivity index is 1.50. The van der Waals surface area contributed by atoms with Crippen molar-refractivity contribution < 1.29 is 9.59 Å². The molecular formula is C28H24N4O2. The zero-order valence-electron chi connectivity index (χ0n) is 18.7. The van der Waals surface area contributed by atoms with Crippen LogP contribution < -0.4 is 5.32 Å². The molecule has 7 rings (SSSR count). The standard InChI is InChI=1S/C28H24N4O2/c33-27-24-22-18-6-2-1-5-17(18)9-10-20(22)26-23(19-7-3-4-8-21(19)30-26)25(24)28(34)32(27)16-15-31-13-11-29-12-14-31/h1-10,29-30H,11-16H2. The van der Waals surface area contributed by atoms with Gasteiger partial charge in [0.25, 0.3) is 11.8 Å². The van der Waals surface area contributed by atoms with Gasteiger partial charge < -0.3 is 10.3 Å². The maximum absolute atomic E-state index is 13.9. The summed E-state index contributed by atoms with van der Waals surface area (Å²) in [7, 11) is 0. The highest BCUT2D eigenvalue weighted by molar-refractivity contribution is 6.39. The van der Waals surface area contributed by atoms with Gasteiger partial charge in [0.15, 0.2) is 0 Å². The van der Waals surface area contributed by atoms with E-state index in [2.05, 4.69) is 33.4 Å². The fourth-order valence-electron chi connectivity index (χ4n) is 5.77. The summed E-state index contributed by atoms with van der Waals surface area (Å²) >= 11 is 0. The molecule has 0 spiro atoms. The van der Waals surface area contributed by atoms with Gasteiger partial charge in [-0.25, -0.2) is 0 Å². The number of fused-ring (bicyclic) bond motifs is 10. The van der Waals surface area contributed by atoms with Crippen LogP contribution in [0, 0.1) is 0 Å². The summed E-state index contributed by atoms with van der Waals surface area (Å²) < 4.78 is 0. The average molecular weight is 449 g/mol. The molecule has 0 atom stereocenters. The first kappa shape index (κ1) is 19.7. The fraction of sp³-hybridized carbons (Fsp3) is 0.214. The highest BCUT2D eigenvalue weighted by Gasteiger charge is 2.40. The number of carbonyl (C=O) groups is 2. The Morgan fingerprint density at radius 1 is 0.706 bits per heavy atom. The van der Waals surface area contributed by atoms with Gasteiger partial charge in [0.2, 0.25) is 0 Å². The molecule has 2 N–H and O–H groups in total. The number of piperazine rings is 1. The van der Waals surface area contributed by atoms with Crippen molar-refractivity contribution in [3.8, 4) is 0 Å². The molecule has 1 fully saturated rings. The van der Waals surface area contributed by atoms with E-state index in [9.17, 15) is 9.59 Å². The number of hydrogen-bond acceptors (Lipinski definition) is 4. The van der Waals surface area contributed by atoms with Crippen molar-refractivity contribution in [2.45, 2.75) is 0 Å². The normalized spacial score (nSPS) is 17.0. The first-order valence-electron chi connectivity index (χ1n) is 11.9. The van der Waals surface area contributed by atoms with Crippen LogP contribution in [0.3, 0.4) is 0 Å². The van der Waals surface area contributed by atoms with Crippen LogP contribution >= 0.6 is 0 Å². The molecule has 2 aliphatic rings. The number of amides is 2. The molecule has 0 saturated carbocycles. The van der Waals surface area contributed by atoms with Gasteiger partial charge in [0, 0.05) is 66.3 Å². The third kappa shape index (κ3) is 2.70.